The summed E-state index contributed by atoms with van der Waals surface area (Å²) in [5.74, 6) is 0.227. The fourth-order valence-electron chi connectivity index (χ4n) is 3.53. The molecule has 0 aromatic heterocycles. The monoisotopic (exact) mass is 239 g/mol. The van der Waals surface area contributed by atoms with Crippen LogP contribution in [0.3, 0.4) is 0 Å². The number of rotatable bonds is 4. The molecule has 98 valence electrons. The molecule has 1 aliphatic heterocycles. The first-order valence-corrected chi connectivity index (χ1v) is 7.17. The van der Waals surface area contributed by atoms with Crippen LogP contribution in [-0.2, 0) is 4.79 Å². The molecule has 1 saturated carbocycles. The van der Waals surface area contributed by atoms with E-state index in [-0.39, 0.29) is 5.92 Å². The molecular formula is C14H25NO2. The van der Waals surface area contributed by atoms with Gasteiger partial charge in [0.25, 0.3) is 0 Å². The third-order valence-electron chi connectivity index (χ3n) is 4.60. The van der Waals surface area contributed by atoms with Crippen molar-refractivity contribution in [3.63, 3.8) is 0 Å². The largest absolute Gasteiger partial charge is 0.481 e. The van der Waals surface area contributed by atoms with Crippen LogP contribution >= 0.6 is 0 Å². The van der Waals surface area contributed by atoms with Gasteiger partial charge in [0.2, 0.25) is 0 Å². The summed E-state index contributed by atoms with van der Waals surface area (Å²) in [6.45, 7) is 4.06. The van der Waals surface area contributed by atoms with Crippen molar-refractivity contribution in [2.75, 3.05) is 13.1 Å². The molecule has 17 heavy (non-hydrogen) atoms. The normalized spacial score (nSPS) is 35.0. The topological polar surface area (TPSA) is 40.5 Å². The second-order valence-electron chi connectivity index (χ2n) is 5.78. The lowest BCUT2D eigenvalue weighted by molar-refractivity contribution is -0.141. The first-order valence-electron chi connectivity index (χ1n) is 7.17. The first-order chi connectivity index (χ1) is 8.20. The maximum atomic E-state index is 10.9. The highest BCUT2D eigenvalue weighted by atomic mass is 16.4. The third-order valence-corrected chi connectivity index (χ3v) is 4.60. The molecular weight excluding hydrogens is 214 g/mol. The number of likely N-dealkylation sites (tertiary alicyclic amines) is 1. The Labute approximate surface area is 104 Å². The highest BCUT2D eigenvalue weighted by Crippen LogP contribution is 2.32. The van der Waals surface area contributed by atoms with E-state index in [4.69, 9.17) is 5.11 Å². The van der Waals surface area contributed by atoms with E-state index in [2.05, 4.69) is 11.8 Å². The van der Waals surface area contributed by atoms with Crippen LogP contribution in [0, 0.1) is 11.8 Å². The van der Waals surface area contributed by atoms with E-state index < -0.39 is 5.97 Å². The Morgan fingerprint density at radius 1 is 1.24 bits per heavy atom. The minimum absolute atomic E-state index is 0.108. The molecule has 0 spiro atoms. The van der Waals surface area contributed by atoms with Crippen LogP contribution < -0.4 is 0 Å². The van der Waals surface area contributed by atoms with E-state index in [1.165, 1.54) is 38.5 Å². The predicted molar refractivity (Wildman–Crippen MR) is 68.0 cm³/mol. The summed E-state index contributed by atoms with van der Waals surface area (Å²) < 4.78 is 0. The van der Waals surface area contributed by atoms with Gasteiger partial charge < -0.3 is 5.11 Å². The molecule has 0 radical (unpaired) electrons. The molecule has 1 N–H and O–H groups in total. The van der Waals surface area contributed by atoms with Crippen LogP contribution in [-0.4, -0.2) is 35.1 Å². The molecule has 0 aromatic carbocycles. The van der Waals surface area contributed by atoms with Crippen molar-refractivity contribution in [3.05, 3.63) is 0 Å². The molecule has 3 nitrogen and oxygen atoms in total. The smallest absolute Gasteiger partial charge is 0.307 e. The summed E-state index contributed by atoms with van der Waals surface area (Å²) >= 11 is 0. The molecule has 1 aliphatic carbocycles. The first kappa shape index (κ1) is 12.9. The van der Waals surface area contributed by atoms with Crippen LogP contribution in [0.1, 0.15) is 51.9 Å². The fraction of sp³-hybridized carbons (Fsp3) is 0.929. The van der Waals surface area contributed by atoms with E-state index in [9.17, 15) is 4.79 Å². The van der Waals surface area contributed by atoms with Gasteiger partial charge in [-0.3, -0.25) is 9.69 Å². The molecule has 0 bridgehead atoms. The maximum absolute atomic E-state index is 10.9. The van der Waals surface area contributed by atoms with E-state index in [1.807, 2.05) is 0 Å². The van der Waals surface area contributed by atoms with Crippen molar-refractivity contribution in [2.24, 2.45) is 11.8 Å². The zero-order valence-corrected chi connectivity index (χ0v) is 10.9. The lowest BCUT2D eigenvalue weighted by Gasteiger charge is -2.34. The van der Waals surface area contributed by atoms with Crippen LogP contribution in [0.25, 0.3) is 0 Å². The van der Waals surface area contributed by atoms with E-state index in [1.54, 1.807) is 0 Å². The number of nitrogens with zero attached hydrogens (tertiary/aromatic N) is 1. The summed E-state index contributed by atoms with van der Waals surface area (Å²) in [7, 11) is 0. The zero-order chi connectivity index (χ0) is 12.3. The maximum Gasteiger partial charge on any atom is 0.307 e. The van der Waals surface area contributed by atoms with Gasteiger partial charge in [0.15, 0.2) is 0 Å². The average Bonchev–Trinajstić information content (AvgIpc) is 2.80. The van der Waals surface area contributed by atoms with Crippen LogP contribution in [0.2, 0.25) is 0 Å². The Bertz CT molecular complexity index is 259. The molecule has 1 saturated heterocycles. The van der Waals surface area contributed by atoms with Gasteiger partial charge in [-0.1, -0.05) is 19.8 Å². The van der Waals surface area contributed by atoms with Gasteiger partial charge in [-0.2, -0.15) is 0 Å². The summed E-state index contributed by atoms with van der Waals surface area (Å²) in [5, 5.41) is 9.01. The molecule has 2 rings (SSSR count). The van der Waals surface area contributed by atoms with Gasteiger partial charge in [-0.15, -0.1) is 0 Å². The SMILES string of the molecule is CCCC1CCC(N2CCC(C(=O)O)C2)CC1. The number of hydrogen-bond acceptors (Lipinski definition) is 2. The van der Waals surface area contributed by atoms with Gasteiger partial charge >= 0.3 is 5.97 Å². The number of carbonyl (C=O) groups is 1. The average molecular weight is 239 g/mol. The van der Waals surface area contributed by atoms with Crippen molar-refractivity contribution in [1.29, 1.82) is 0 Å². The Morgan fingerprint density at radius 2 is 1.94 bits per heavy atom. The highest BCUT2D eigenvalue weighted by molar-refractivity contribution is 5.70. The number of aliphatic carboxylic acids is 1. The van der Waals surface area contributed by atoms with Crippen molar-refractivity contribution >= 4 is 5.97 Å². The molecule has 2 fully saturated rings. The van der Waals surface area contributed by atoms with Gasteiger partial charge in [0.05, 0.1) is 5.92 Å². The van der Waals surface area contributed by atoms with Gasteiger partial charge in [-0.25, -0.2) is 0 Å². The molecule has 3 heteroatoms. The molecule has 0 aromatic rings. The fourth-order valence-corrected chi connectivity index (χ4v) is 3.53. The standard InChI is InChI=1S/C14H25NO2/c1-2-3-11-4-6-13(7-5-11)15-9-8-12(10-15)14(16)17/h11-13H,2-10H2,1H3,(H,16,17). The zero-order valence-electron chi connectivity index (χ0n) is 10.9. The summed E-state index contributed by atoms with van der Waals surface area (Å²) in [6, 6.07) is 0.674. The second-order valence-corrected chi connectivity index (χ2v) is 5.78. The minimum atomic E-state index is -0.604. The number of hydrogen-bond donors (Lipinski definition) is 1. The lowest BCUT2D eigenvalue weighted by Crippen LogP contribution is -2.37. The van der Waals surface area contributed by atoms with E-state index in [0.29, 0.717) is 6.04 Å². The van der Waals surface area contributed by atoms with Crippen molar-refractivity contribution in [2.45, 2.75) is 57.9 Å². The van der Waals surface area contributed by atoms with E-state index >= 15 is 0 Å². The summed E-state index contributed by atoms with van der Waals surface area (Å²) in [6.07, 6.45) is 8.82. The second kappa shape index (κ2) is 5.85. The van der Waals surface area contributed by atoms with Gasteiger partial charge in [0.1, 0.15) is 0 Å². The lowest BCUT2D eigenvalue weighted by atomic mass is 9.83. The van der Waals surface area contributed by atoms with E-state index in [0.717, 1.165) is 25.4 Å². The van der Waals surface area contributed by atoms with Gasteiger partial charge in [0, 0.05) is 12.6 Å². The van der Waals surface area contributed by atoms with Gasteiger partial charge in [-0.05, 0) is 44.6 Å². The Kier molecular flexibility index (Phi) is 4.43. The quantitative estimate of drug-likeness (QED) is 0.820. The van der Waals surface area contributed by atoms with Crippen LogP contribution in [0.15, 0.2) is 0 Å². The molecule has 2 aliphatic rings. The van der Waals surface area contributed by atoms with Crippen molar-refractivity contribution in [3.8, 4) is 0 Å². The Hall–Kier alpha value is -0.570. The Morgan fingerprint density at radius 3 is 2.47 bits per heavy atom. The molecule has 1 heterocycles. The van der Waals surface area contributed by atoms with Crippen LogP contribution in [0.4, 0.5) is 0 Å². The predicted octanol–water partition coefficient (Wildman–Crippen LogP) is 2.75. The highest BCUT2D eigenvalue weighted by Gasteiger charge is 2.33. The minimum Gasteiger partial charge on any atom is -0.481 e. The van der Waals surface area contributed by atoms with Crippen molar-refractivity contribution in [1.82, 2.24) is 4.90 Å². The molecule has 1 atom stereocenters. The Balaban J connectivity index is 1.76. The summed E-state index contributed by atoms with van der Waals surface area (Å²) in [4.78, 5) is 13.4. The number of carboxylic acids is 1. The van der Waals surface area contributed by atoms with Crippen LogP contribution in [0.5, 0.6) is 0 Å². The van der Waals surface area contributed by atoms with Crippen molar-refractivity contribution < 1.29 is 9.90 Å². The third kappa shape index (κ3) is 3.21. The summed E-state index contributed by atoms with van der Waals surface area (Å²) in [5.41, 5.74) is 0. The number of carboxylic acid groups (broad SMARTS) is 1. The molecule has 0 amide bonds. The molecule has 1 unspecified atom stereocenters.